The number of aliphatic carboxylic acids is 1. The van der Waals surface area contributed by atoms with Gasteiger partial charge in [-0.1, -0.05) is 60.7 Å². The molecule has 0 bridgehead atoms. The number of halogens is 4. The lowest BCUT2D eigenvalue weighted by Gasteiger charge is -2.37. The predicted molar refractivity (Wildman–Crippen MR) is 82.8 cm³/mol. The highest BCUT2D eigenvalue weighted by molar-refractivity contribution is 5.68. The van der Waals surface area contributed by atoms with Crippen molar-refractivity contribution < 1.29 is 32.2 Å². The van der Waals surface area contributed by atoms with Crippen molar-refractivity contribution in [2.45, 2.75) is 24.4 Å². The van der Waals surface area contributed by atoms with Crippen molar-refractivity contribution in [2.75, 3.05) is 6.61 Å². The van der Waals surface area contributed by atoms with E-state index in [1.54, 1.807) is 12.1 Å². The largest absolute Gasteiger partial charge is 0.480 e. The molecule has 0 saturated heterocycles. The smallest absolute Gasteiger partial charge is 0.329 e. The molecule has 0 unspecified atom stereocenters. The van der Waals surface area contributed by atoms with Gasteiger partial charge in [0.05, 0.1) is 6.42 Å². The quantitative estimate of drug-likeness (QED) is 0.717. The minimum Gasteiger partial charge on any atom is -0.480 e. The molecule has 0 saturated carbocycles. The molecule has 7 heteroatoms. The van der Waals surface area contributed by atoms with Gasteiger partial charge in [0.15, 0.2) is 0 Å². The first kappa shape index (κ1) is 18.9. The summed E-state index contributed by atoms with van der Waals surface area (Å²) in [6.45, 7) is -0.914. The van der Waals surface area contributed by atoms with Gasteiger partial charge in [0.2, 0.25) is 0 Å². The van der Waals surface area contributed by atoms with Crippen LogP contribution in [0.3, 0.4) is 0 Å². The SMILES string of the molecule is O=C(O)COC(CC(F)(F)C(F)F)(c1ccccc1)c1ccccc1. The minimum absolute atomic E-state index is 0.169. The van der Waals surface area contributed by atoms with Gasteiger partial charge < -0.3 is 9.84 Å². The Bertz CT molecular complexity index is 650. The molecule has 0 amide bonds. The highest BCUT2D eigenvalue weighted by atomic mass is 19.3. The van der Waals surface area contributed by atoms with Crippen molar-refractivity contribution in [1.29, 1.82) is 0 Å². The molecule has 0 aliphatic heterocycles. The number of carbonyl (C=O) groups is 1. The van der Waals surface area contributed by atoms with Gasteiger partial charge in [-0.15, -0.1) is 0 Å². The van der Waals surface area contributed by atoms with Crippen LogP contribution in [0.15, 0.2) is 60.7 Å². The normalized spacial score (nSPS) is 12.4. The number of carboxylic acids is 1. The fraction of sp³-hybridized carbons (Fsp3) is 0.278. The lowest BCUT2D eigenvalue weighted by Crippen LogP contribution is -2.42. The van der Waals surface area contributed by atoms with Crippen LogP contribution in [0.4, 0.5) is 17.6 Å². The van der Waals surface area contributed by atoms with Gasteiger partial charge >= 0.3 is 18.3 Å². The second-order valence-electron chi connectivity index (χ2n) is 5.48. The maximum absolute atomic E-state index is 14.0. The van der Waals surface area contributed by atoms with Crippen LogP contribution in [0.5, 0.6) is 0 Å². The zero-order chi connectivity index (χ0) is 18.5. The van der Waals surface area contributed by atoms with Crippen molar-refractivity contribution in [3.8, 4) is 0 Å². The molecule has 0 atom stereocenters. The van der Waals surface area contributed by atoms with Crippen molar-refractivity contribution >= 4 is 5.97 Å². The van der Waals surface area contributed by atoms with E-state index in [0.717, 1.165) is 0 Å². The molecule has 0 heterocycles. The third-order valence-corrected chi connectivity index (χ3v) is 3.73. The maximum atomic E-state index is 14.0. The van der Waals surface area contributed by atoms with Gasteiger partial charge in [-0.05, 0) is 11.1 Å². The first-order chi connectivity index (χ1) is 11.8. The van der Waals surface area contributed by atoms with Crippen molar-refractivity contribution in [3.63, 3.8) is 0 Å². The lowest BCUT2D eigenvalue weighted by atomic mass is 9.81. The van der Waals surface area contributed by atoms with Gasteiger partial charge in [-0.2, -0.15) is 0 Å². The molecule has 0 fully saturated rings. The third-order valence-electron chi connectivity index (χ3n) is 3.73. The molecule has 2 rings (SSSR count). The van der Waals surface area contributed by atoms with Gasteiger partial charge in [-0.3, -0.25) is 0 Å². The van der Waals surface area contributed by atoms with Crippen molar-refractivity contribution in [1.82, 2.24) is 0 Å². The Kier molecular flexibility index (Phi) is 5.79. The topological polar surface area (TPSA) is 46.5 Å². The van der Waals surface area contributed by atoms with Gasteiger partial charge in [0, 0.05) is 0 Å². The number of hydrogen-bond donors (Lipinski definition) is 1. The Morgan fingerprint density at radius 2 is 1.40 bits per heavy atom. The molecule has 0 aliphatic rings. The van der Waals surface area contributed by atoms with Gasteiger partial charge in [0.1, 0.15) is 12.2 Å². The van der Waals surface area contributed by atoms with Crippen LogP contribution in [-0.2, 0) is 15.1 Å². The fourth-order valence-electron chi connectivity index (χ4n) is 2.60. The number of benzene rings is 2. The second kappa shape index (κ2) is 7.65. The van der Waals surface area contributed by atoms with E-state index in [9.17, 15) is 22.4 Å². The number of ether oxygens (including phenoxy) is 1. The van der Waals surface area contributed by atoms with Crippen LogP contribution in [0.1, 0.15) is 17.5 Å². The molecule has 0 spiro atoms. The second-order valence-corrected chi connectivity index (χ2v) is 5.48. The molecule has 3 nitrogen and oxygen atoms in total. The zero-order valence-corrected chi connectivity index (χ0v) is 13.0. The summed E-state index contributed by atoms with van der Waals surface area (Å²) in [6.07, 6.45) is -5.30. The minimum atomic E-state index is -4.37. The van der Waals surface area contributed by atoms with E-state index in [0.29, 0.717) is 0 Å². The van der Waals surface area contributed by atoms with Crippen molar-refractivity contribution in [3.05, 3.63) is 71.8 Å². The summed E-state index contributed by atoms with van der Waals surface area (Å²) in [5.41, 5.74) is -1.69. The average Bonchev–Trinajstić information content (AvgIpc) is 2.60. The van der Waals surface area contributed by atoms with Crippen molar-refractivity contribution in [2.24, 2.45) is 0 Å². The van der Waals surface area contributed by atoms with Crippen LogP contribution in [-0.4, -0.2) is 30.0 Å². The summed E-state index contributed by atoms with van der Waals surface area (Å²) in [7, 11) is 0. The van der Waals surface area contributed by atoms with E-state index in [-0.39, 0.29) is 11.1 Å². The molecule has 0 aromatic heterocycles. The molecule has 1 N–H and O–H groups in total. The Morgan fingerprint density at radius 3 is 1.76 bits per heavy atom. The molecule has 134 valence electrons. The monoisotopic (exact) mass is 356 g/mol. The number of alkyl halides is 4. The third kappa shape index (κ3) is 4.36. The average molecular weight is 356 g/mol. The predicted octanol–water partition coefficient (Wildman–Crippen LogP) is 4.32. The Balaban J connectivity index is 2.62. The lowest BCUT2D eigenvalue weighted by molar-refractivity contribution is -0.180. The molecule has 0 aliphatic carbocycles. The van der Waals surface area contributed by atoms with E-state index in [2.05, 4.69) is 0 Å². The number of carboxylic acid groups (broad SMARTS) is 1. The number of rotatable bonds is 8. The molecule has 2 aromatic rings. The van der Waals surface area contributed by atoms with Crippen LogP contribution < -0.4 is 0 Å². The maximum Gasteiger partial charge on any atom is 0.329 e. The van der Waals surface area contributed by atoms with Gasteiger partial charge in [-0.25, -0.2) is 22.4 Å². The summed E-state index contributed by atoms with van der Waals surface area (Å²) in [6, 6.07) is 15.2. The molecule has 2 aromatic carbocycles. The molecular weight excluding hydrogens is 340 g/mol. The van der Waals surface area contributed by atoms with Crippen LogP contribution in [0.2, 0.25) is 0 Å². The first-order valence-corrected chi connectivity index (χ1v) is 7.41. The number of hydrogen-bond acceptors (Lipinski definition) is 2. The Labute approximate surface area is 141 Å². The van der Waals surface area contributed by atoms with E-state index < -0.39 is 36.9 Å². The van der Waals surface area contributed by atoms with Gasteiger partial charge in [0.25, 0.3) is 0 Å². The summed E-state index contributed by atoms with van der Waals surface area (Å²) < 4.78 is 59.0. The Morgan fingerprint density at radius 1 is 0.960 bits per heavy atom. The highest BCUT2D eigenvalue weighted by Crippen LogP contribution is 2.44. The first-order valence-electron chi connectivity index (χ1n) is 7.41. The van der Waals surface area contributed by atoms with Crippen LogP contribution >= 0.6 is 0 Å². The molecule has 25 heavy (non-hydrogen) atoms. The molecular formula is C18H16F4O3. The summed E-state index contributed by atoms with van der Waals surface area (Å²) >= 11 is 0. The summed E-state index contributed by atoms with van der Waals surface area (Å²) in [5, 5.41) is 8.92. The van der Waals surface area contributed by atoms with E-state index in [1.807, 2.05) is 0 Å². The Hall–Kier alpha value is -2.41. The summed E-state index contributed by atoms with van der Waals surface area (Å²) in [5.74, 6) is -5.76. The zero-order valence-electron chi connectivity index (χ0n) is 13.0. The standard InChI is InChI=1S/C18H16F4O3/c19-16(20)18(21,22)12-17(25-11-15(23)24,13-7-3-1-4-8-13)14-9-5-2-6-10-14/h1-10,16H,11-12H2,(H,23,24). The highest BCUT2D eigenvalue weighted by Gasteiger charge is 2.51. The fourth-order valence-corrected chi connectivity index (χ4v) is 2.60. The van der Waals surface area contributed by atoms with E-state index >= 15 is 0 Å². The van der Waals surface area contributed by atoms with E-state index in [4.69, 9.17) is 9.84 Å². The van der Waals surface area contributed by atoms with Crippen LogP contribution in [0.25, 0.3) is 0 Å². The van der Waals surface area contributed by atoms with E-state index in [1.165, 1.54) is 48.5 Å². The van der Waals surface area contributed by atoms with Crippen LogP contribution in [0, 0.1) is 0 Å². The molecule has 0 radical (unpaired) electrons. The summed E-state index contributed by atoms with van der Waals surface area (Å²) in [4.78, 5) is 10.9.